The summed E-state index contributed by atoms with van der Waals surface area (Å²) in [7, 11) is 0. The van der Waals surface area contributed by atoms with Crippen molar-refractivity contribution in [2.24, 2.45) is 5.73 Å². The van der Waals surface area contributed by atoms with Crippen LogP contribution in [0.5, 0.6) is 0 Å². The molecule has 0 spiro atoms. The van der Waals surface area contributed by atoms with Crippen LogP contribution in [0.1, 0.15) is 0 Å². The summed E-state index contributed by atoms with van der Waals surface area (Å²) in [6.45, 7) is 0.833. The van der Waals surface area contributed by atoms with Gasteiger partial charge in [-0.25, -0.2) is 0 Å². The number of nitrogens with one attached hydrogen (secondary N) is 1. The van der Waals surface area contributed by atoms with Gasteiger partial charge in [-0.3, -0.25) is 0 Å². The first kappa shape index (κ1) is 9.61. The van der Waals surface area contributed by atoms with Crippen LogP contribution in [-0.4, -0.2) is 13.1 Å². The van der Waals surface area contributed by atoms with E-state index in [2.05, 4.69) is 0 Å². The summed E-state index contributed by atoms with van der Waals surface area (Å²) < 4.78 is 0. The van der Waals surface area contributed by atoms with E-state index >= 15 is 0 Å². The van der Waals surface area contributed by atoms with Crippen molar-refractivity contribution in [2.75, 3.05) is 13.1 Å². The molecule has 0 rings (SSSR count). The summed E-state index contributed by atoms with van der Waals surface area (Å²) in [5.74, 6) is 0. The molecule has 0 bridgehead atoms. The topological polar surface area (TPSA) is 49.8 Å². The molecule has 0 atom stereocenters. The fourth-order valence-corrected chi connectivity index (χ4v) is 0. The van der Waals surface area contributed by atoms with Crippen LogP contribution >= 0.6 is 0 Å². The molecule has 0 aliphatic rings. The van der Waals surface area contributed by atoms with E-state index in [0.29, 0.717) is 13.1 Å². The smallest absolute Gasteiger partial charge is 0 e. The van der Waals surface area contributed by atoms with Gasteiger partial charge in [-0.15, -0.1) is 6.54 Å². The fraction of sp³-hybridized carbons (Fsp3) is 1.00. The Bertz CT molecular complexity index is 9.61. The van der Waals surface area contributed by atoms with Crippen LogP contribution in [0.4, 0.5) is 0 Å². The Morgan fingerprint density at radius 2 is 1.80 bits per heavy atom. The van der Waals surface area contributed by atoms with Crippen LogP contribution in [0, 0.1) is 44.1 Å². The molecule has 2 nitrogen and oxygen atoms in total. The molecule has 0 saturated heterocycles. The molecule has 0 saturated carbocycles. The second-order valence-corrected chi connectivity index (χ2v) is 0.539. The third kappa shape index (κ3) is 10.9. The summed E-state index contributed by atoms with van der Waals surface area (Å²) in [5, 5.41) is 0. The first-order valence-electron chi connectivity index (χ1n) is 1.26. The summed E-state index contributed by atoms with van der Waals surface area (Å²) in [5.41, 5.74) is 11.2. The van der Waals surface area contributed by atoms with Crippen LogP contribution in [0.2, 0.25) is 0 Å². The molecule has 0 aliphatic carbocycles. The largest absolute Gasteiger partial charge is 0.676 e. The predicted molar refractivity (Wildman–Crippen MR) is 18.2 cm³/mol. The fourth-order valence-electron chi connectivity index (χ4n) is 0. The van der Waals surface area contributed by atoms with Crippen LogP contribution in [-0.2, 0) is 0 Å². The molecule has 0 aliphatic heterocycles. The zero-order valence-corrected chi connectivity index (χ0v) is 7.81. The van der Waals surface area contributed by atoms with Crippen molar-refractivity contribution in [1.29, 1.82) is 0 Å². The molecule has 0 aromatic heterocycles. The number of nitrogens with two attached hydrogens (primary N) is 1. The number of rotatable bonds is 1. The van der Waals surface area contributed by atoms with E-state index in [9.17, 15) is 0 Å². The second kappa shape index (κ2) is 9.03. The van der Waals surface area contributed by atoms with Gasteiger partial charge < -0.3 is 11.5 Å². The second-order valence-electron chi connectivity index (χ2n) is 0.539. The zero-order valence-electron chi connectivity index (χ0n) is 3.07. The van der Waals surface area contributed by atoms with Crippen molar-refractivity contribution in [1.82, 2.24) is 0 Å². The van der Waals surface area contributed by atoms with Gasteiger partial charge in [0, 0.05) is 44.1 Å². The first-order valence-corrected chi connectivity index (χ1v) is 1.26. The molecular formula is C2H7AcN2-. The quantitative estimate of drug-likeness (QED) is 0.724. The van der Waals surface area contributed by atoms with Crippen molar-refractivity contribution < 1.29 is 44.1 Å². The molecule has 29 valence electrons. The van der Waals surface area contributed by atoms with Crippen molar-refractivity contribution in [3.8, 4) is 0 Å². The zero-order chi connectivity index (χ0) is 3.41. The Balaban J connectivity index is 0. The van der Waals surface area contributed by atoms with E-state index in [1.165, 1.54) is 0 Å². The molecule has 0 aromatic carbocycles. The van der Waals surface area contributed by atoms with Gasteiger partial charge in [0.15, 0.2) is 0 Å². The molecule has 0 heterocycles. The molecule has 1 radical (unpaired) electrons. The van der Waals surface area contributed by atoms with Gasteiger partial charge in [0.25, 0.3) is 0 Å². The maximum absolute atomic E-state index is 6.33. The predicted octanol–water partition coefficient (Wildman–Crippen LogP) is -0.00270. The summed E-state index contributed by atoms with van der Waals surface area (Å²) in [4.78, 5) is 0. The van der Waals surface area contributed by atoms with E-state index in [1.807, 2.05) is 0 Å². The Kier molecular flexibility index (Phi) is 17.4. The molecule has 0 amide bonds. The van der Waals surface area contributed by atoms with Crippen molar-refractivity contribution in [3.05, 3.63) is 5.73 Å². The van der Waals surface area contributed by atoms with Crippen LogP contribution in [0.3, 0.4) is 0 Å². The van der Waals surface area contributed by atoms with Gasteiger partial charge in [-0.1, -0.05) is 0 Å². The average Bonchev–Trinajstić information content (AvgIpc) is 1.37. The number of hydrogen-bond acceptors (Lipinski definition) is 1. The van der Waals surface area contributed by atoms with Crippen molar-refractivity contribution in [2.45, 2.75) is 0 Å². The van der Waals surface area contributed by atoms with Crippen LogP contribution < -0.4 is 5.73 Å². The minimum atomic E-state index is 0. The molecule has 0 aromatic rings. The monoisotopic (exact) mass is 286 g/mol. The maximum atomic E-state index is 6.33. The van der Waals surface area contributed by atoms with Crippen LogP contribution in [0.25, 0.3) is 5.73 Å². The normalized spacial score (nSPS) is 6.00. The van der Waals surface area contributed by atoms with Gasteiger partial charge in [0.1, 0.15) is 0 Å². The average molecular weight is 286 g/mol. The summed E-state index contributed by atoms with van der Waals surface area (Å²) >= 11 is 0. The Morgan fingerprint density at radius 1 is 1.60 bits per heavy atom. The van der Waals surface area contributed by atoms with E-state index in [-0.39, 0.29) is 44.1 Å². The molecule has 3 N–H and O–H groups in total. The minimum Gasteiger partial charge on any atom is -0.676 e. The summed E-state index contributed by atoms with van der Waals surface area (Å²) in [6.07, 6.45) is 0. The standard InChI is InChI=1S/C2H7N2.Ac/c3-1-2-4;/h3H,1-2,4H2;/q-1;. The Morgan fingerprint density at radius 3 is 1.80 bits per heavy atom. The van der Waals surface area contributed by atoms with Crippen molar-refractivity contribution >= 4 is 0 Å². The van der Waals surface area contributed by atoms with E-state index in [4.69, 9.17) is 11.5 Å². The molecule has 5 heavy (non-hydrogen) atoms. The van der Waals surface area contributed by atoms with Gasteiger partial charge in [0.2, 0.25) is 0 Å². The van der Waals surface area contributed by atoms with Gasteiger partial charge in [0.05, 0.1) is 0 Å². The molecule has 0 fully saturated rings. The van der Waals surface area contributed by atoms with Gasteiger partial charge in [-0.2, -0.15) is 0 Å². The van der Waals surface area contributed by atoms with Crippen LogP contribution in [0.15, 0.2) is 0 Å². The summed E-state index contributed by atoms with van der Waals surface area (Å²) in [6, 6.07) is 0. The molecule has 0 unspecified atom stereocenters. The molecular weight excluding hydrogens is 279 g/mol. The maximum Gasteiger partial charge on any atom is 0 e. The third-order valence-corrected chi connectivity index (χ3v) is 0.144. The minimum absolute atomic E-state index is 0. The van der Waals surface area contributed by atoms with Gasteiger partial charge in [-0.05, 0) is 6.54 Å². The van der Waals surface area contributed by atoms with E-state index < -0.39 is 0 Å². The Hall–Kier alpha value is 1.36. The third-order valence-electron chi connectivity index (χ3n) is 0.144. The van der Waals surface area contributed by atoms with E-state index in [1.54, 1.807) is 0 Å². The molecule has 3 heteroatoms. The van der Waals surface area contributed by atoms with E-state index in [0.717, 1.165) is 0 Å². The first-order chi connectivity index (χ1) is 1.91. The van der Waals surface area contributed by atoms with Crippen molar-refractivity contribution in [3.63, 3.8) is 0 Å². The Labute approximate surface area is 67.8 Å². The van der Waals surface area contributed by atoms with Gasteiger partial charge >= 0.3 is 0 Å². The SMILES string of the molecule is [Ac].[NH-]CCN. The number of hydrogen-bond donors (Lipinski definition) is 1.